The molecular formula is C21H34O4. The van der Waals surface area contributed by atoms with Gasteiger partial charge < -0.3 is 15.3 Å². The van der Waals surface area contributed by atoms with Gasteiger partial charge in [-0.2, -0.15) is 0 Å². The van der Waals surface area contributed by atoms with Gasteiger partial charge >= 0.3 is 0 Å². The van der Waals surface area contributed by atoms with E-state index >= 15 is 0 Å². The van der Waals surface area contributed by atoms with Gasteiger partial charge in [0.1, 0.15) is 5.78 Å². The normalized spacial score (nSPS) is 58.2. The molecule has 142 valence electrons. The average molecular weight is 350 g/mol. The number of rotatable bonds is 1. The maximum atomic E-state index is 12.2. The molecule has 0 spiro atoms. The van der Waals surface area contributed by atoms with Crippen molar-refractivity contribution in [2.75, 3.05) is 0 Å². The molecule has 4 aliphatic rings. The minimum atomic E-state index is -0.455. The van der Waals surface area contributed by atoms with Crippen molar-refractivity contribution >= 4 is 5.78 Å². The lowest BCUT2D eigenvalue weighted by Crippen LogP contribution is -2.63. The molecular weight excluding hydrogens is 316 g/mol. The fourth-order valence-corrected chi connectivity index (χ4v) is 7.98. The Morgan fingerprint density at radius 2 is 1.68 bits per heavy atom. The zero-order valence-electron chi connectivity index (χ0n) is 15.8. The van der Waals surface area contributed by atoms with Crippen LogP contribution in [0.1, 0.15) is 65.7 Å². The number of ketones is 1. The predicted octanol–water partition coefficient (Wildman–Crippen LogP) is 2.54. The maximum Gasteiger partial charge on any atom is 0.133 e. The van der Waals surface area contributed by atoms with Gasteiger partial charge in [0.25, 0.3) is 0 Å². The first-order valence-corrected chi connectivity index (χ1v) is 10.2. The highest BCUT2D eigenvalue weighted by atomic mass is 16.3. The average Bonchev–Trinajstić information content (AvgIpc) is 2.85. The van der Waals surface area contributed by atoms with Gasteiger partial charge in [-0.25, -0.2) is 0 Å². The molecule has 4 heteroatoms. The quantitative estimate of drug-likeness (QED) is 0.679. The van der Waals surface area contributed by atoms with E-state index in [1.54, 1.807) is 6.92 Å². The Balaban J connectivity index is 1.72. The van der Waals surface area contributed by atoms with Crippen LogP contribution in [0.3, 0.4) is 0 Å². The van der Waals surface area contributed by atoms with Gasteiger partial charge in [-0.05, 0) is 86.4 Å². The number of hydrogen-bond acceptors (Lipinski definition) is 4. The summed E-state index contributed by atoms with van der Waals surface area (Å²) in [6, 6.07) is 0. The molecule has 10 unspecified atom stereocenters. The molecule has 0 saturated heterocycles. The van der Waals surface area contributed by atoms with E-state index in [1.807, 2.05) is 0 Å². The largest absolute Gasteiger partial charge is 0.393 e. The zero-order valence-corrected chi connectivity index (χ0v) is 15.8. The van der Waals surface area contributed by atoms with Crippen molar-refractivity contribution in [1.29, 1.82) is 0 Å². The molecule has 0 heterocycles. The van der Waals surface area contributed by atoms with E-state index in [1.165, 1.54) is 0 Å². The number of aliphatic hydroxyl groups excluding tert-OH is 3. The van der Waals surface area contributed by atoms with Crippen molar-refractivity contribution in [2.45, 2.75) is 84.0 Å². The highest BCUT2D eigenvalue weighted by Gasteiger charge is 2.65. The maximum absolute atomic E-state index is 12.2. The summed E-state index contributed by atoms with van der Waals surface area (Å²) in [5.74, 6) is 1.07. The molecule has 4 nitrogen and oxygen atoms in total. The first kappa shape index (κ1) is 17.9. The fourth-order valence-electron chi connectivity index (χ4n) is 7.98. The van der Waals surface area contributed by atoms with Crippen LogP contribution in [-0.4, -0.2) is 39.4 Å². The van der Waals surface area contributed by atoms with Crippen molar-refractivity contribution in [3.63, 3.8) is 0 Å². The molecule has 0 aromatic rings. The van der Waals surface area contributed by atoms with Gasteiger partial charge in [-0.1, -0.05) is 13.8 Å². The summed E-state index contributed by atoms with van der Waals surface area (Å²) in [5, 5.41) is 32.4. The molecule has 0 bridgehead atoms. The Hall–Kier alpha value is -0.450. The summed E-state index contributed by atoms with van der Waals surface area (Å²) >= 11 is 0. The number of fused-ring (bicyclic) bond motifs is 5. The van der Waals surface area contributed by atoms with Crippen LogP contribution in [0.15, 0.2) is 0 Å². The van der Waals surface area contributed by atoms with Gasteiger partial charge in [0.05, 0.1) is 18.3 Å². The van der Waals surface area contributed by atoms with Crippen molar-refractivity contribution in [3.05, 3.63) is 0 Å². The third kappa shape index (κ3) is 2.40. The summed E-state index contributed by atoms with van der Waals surface area (Å²) in [6.45, 7) is 6.16. The van der Waals surface area contributed by atoms with Crippen molar-refractivity contribution in [2.24, 2.45) is 40.4 Å². The monoisotopic (exact) mass is 350 g/mol. The van der Waals surface area contributed by atoms with E-state index in [9.17, 15) is 20.1 Å². The molecule has 0 aromatic heterocycles. The lowest BCUT2D eigenvalue weighted by atomic mass is 9.43. The van der Waals surface area contributed by atoms with Crippen LogP contribution in [0.4, 0.5) is 0 Å². The smallest absolute Gasteiger partial charge is 0.133 e. The summed E-state index contributed by atoms with van der Waals surface area (Å²) in [6.07, 6.45) is 4.66. The van der Waals surface area contributed by atoms with E-state index in [0.29, 0.717) is 12.3 Å². The Kier molecular flexibility index (Phi) is 4.14. The zero-order chi connectivity index (χ0) is 18.1. The van der Waals surface area contributed by atoms with Gasteiger partial charge in [0.15, 0.2) is 0 Å². The Bertz CT molecular complexity index is 562. The van der Waals surface area contributed by atoms with E-state index in [2.05, 4.69) is 13.8 Å². The van der Waals surface area contributed by atoms with Gasteiger partial charge in [-0.3, -0.25) is 4.79 Å². The fraction of sp³-hybridized carbons (Fsp3) is 0.952. The third-order valence-electron chi connectivity index (χ3n) is 9.08. The summed E-state index contributed by atoms with van der Waals surface area (Å²) in [7, 11) is 0. The number of hydrogen-bond donors (Lipinski definition) is 3. The molecule has 0 aromatic carbocycles. The number of Topliss-reactive ketones (excluding diaryl/α,β-unsaturated/α-hetero) is 1. The minimum Gasteiger partial charge on any atom is -0.393 e. The second-order valence-corrected chi connectivity index (χ2v) is 10.2. The van der Waals surface area contributed by atoms with E-state index in [4.69, 9.17) is 0 Å². The molecule has 0 aliphatic heterocycles. The van der Waals surface area contributed by atoms with Crippen LogP contribution in [0.5, 0.6) is 0 Å². The molecule has 4 fully saturated rings. The van der Waals surface area contributed by atoms with Gasteiger partial charge in [-0.15, -0.1) is 0 Å². The summed E-state index contributed by atoms with van der Waals surface area (Å²) in [4.78, 5) is 12.2. The summed E-state index contributed by atoms with van der Waals surface area (Å²) in [5.41, 5.74) is -0.178. The molecule has 4 saturated carbocycles. The Labute approximate surface area is 151 Å². The summed E-state index contributed by atoms with van der Waals surface area (Å²) < 4.78 is 0. The molecule has 4 rings (SSSR count). The number of carbonyl (C=O) groups excluding carboxylic acids is 1. The molecule has 4 aliphatic carbocycles. The van der Waals surface area contributed by atoms with E-state index < -0.39 is 12.2 Å². The Morgan fingerprint density at radius 1 is 0.960 bits per heavy atom. The lowest BCUT2D eigenvalue weighted by molar-refractivity contribution is -0.211. The van der Waals surface area contributed by atoms with E-state index in [-0.39, 0.29) is 46.4 Å². The number of carbonyl (C=O) groups is 1. The Morgan fingerprint density at radius 3 is 2.36 bits per heavy atom. The number of aliphatic hydroxyl groups is 3. The van der Waals surface area contributed by atoms with Gasteiger partial charge in [0.2, 0.25) is 0 Å². The van der Waals surface area contributed by atoms with Crippen molar-refractivity contribution in [3.8, 4) is 0 Å². The van der Waals surface area contributed by atoms with Crippen LogP contribution in [0.25, 0.3) is 0 Å². The first-order valence-electron chi connectivity index (χ1n) is 10.2. The topological polar surface area (TPSA) is 77.8 Å². The molecule has 10 atom stereocenters. The highest BCUT2D eigenvalue weighted by Crippen LogP contribution is 2.67. The minimum absolute atomic E-state index is 0.00180. The SMILES string of the molecule is CC(=O)C1CCC2C3C(O)CC4CC(O)CCC4(C)C3C(O)CC12C. The third-order valence-corrected chi connectivity index (χ3v) is 9.08. The molecule has 3 N–H and O–H groups in total. The van der Waals surface area contributed by atoms with E-state index in [0.717, 1.165) is 38.5 Å². The van der Waals surface area contributed by atoms with Crippen LogP contribution >= 0.6 is 0 Å². The first-order chi connectivity index (χ1) is 11.7. The highest BCUT2D eigenvalue weighted by molar-refractivity contribution is 5.79. The van der Waals surface area contributed by atoms with Crippen LogP contribution in [0, 0.1) is 40.4 Å². The van der Waals surface area contributed by atoms with Crippen LogP contribution in [0.2, 0.25) is 0 Å². The standard InChI is InChI=1S/C21H34O4/c1-11(22)14-4-5-15-18-16(24)9-12-8-13(23)6-7-20(12,2)19(18)17(25)10-21(14,15)3/h12-19,23-25H,4-10H2,1-3H3. The van der Waals surface area contributed by atoms with Crippen LogP contribution < -0.4 is 0 Å². The predicted molar refractivity (Wildman–Crippen MR) is 94.7 cm³/mol. The van der Waals surface area contributed by atoms with Crippen molar-refractivity contribution < 1.29 is 20.1 Å². The lowest BCUT2D eigenvalue weighted by Gasteiger charge is -2.63. The van der Waals surface area contributed by atoms with Crippen LogP contribution in [-0.2, 0) is 4.79 Å². The molecule has 0 amide bonds. The second-order valence-electron chi connectivity index (χ2n) is 10.2. The second kappa shape index (κ2) is 5.77. The molecule has 0 radical (unpaired) electrons. The van der Waals surface area contributed by atoms with Crippen molar-refractivity contribution in [1.82, 2.24) is 0 Å². The molecule has 25 heavy (non-hydrogen) atoms. The van der Waals surface area contributed by atoms with Gasteiger partial charge in [0, 0.05) is 5.92 Å².